The molecule has 0 N–H and O–H groups in total. The van der Waals surface area contributed by atoms with Crippen LogP contribution in [0.5, 0.6) is 0 Å². The summed E-state index contributed by atoms with van der Waals surface area (Å²) in [6.45, 7) is 1.54. The molecular weight excluding hydrogens is 200 g/mol. The molecule has 1 fully saturated rings. The van der Waals surface area contributed by atoms with Crippen molar-refractivity contribution in [3.63, 3.8) is 0 Å². The molecule has 0 aliphatic carbocycles. The highest BCUT2D eigenvalue weighted by atomic mass is 35.5. The van der Waals surface area contributed by atoms with Gasteiger partial charge < -0.3 is 4.90 Å². The summed E-state index contributed by atoms with van der Waals surface area (Å²) in [7, 11) is 0. The van der Waals surface area contributed by atoms with E-state index in [0.717, 1.165) is 18.9 Å². The number of anilines is 1. The number of ketones is 1. The topological polar surface area (TPSA) is 33.2 Å². The van der Waals surface area contributed by atoms with Crippen LogP contribution in [0.2, 0.25) is 5.02 Å². The molecule has 0 aromatic carbocycles. The van der Waals surface area contributed by atoms with Crippen molar-refractivity contribution >= 4 is 23.2 Å². The third-order valence-electron chi connectivity index (χ3n) is 2.36. The Bertz CT molecular complexity index is 326. The van der Waals surface area contributed by atoms with Crippen LogP contribution in [0.25, 0.3) is 0 Å². The first-order valence-electron chi connectivity index (χ1n) is 4.64. The van der Waals surface area contributed by atoms with Crippen LogP contribution in [0.4, 0.5) is 5.82 Å². The Kier molecular flexibility index (Phi) is 2.68. The van der Waals surface area contributed by atoms with Crippen LogP contribution in [-0.2, 0) is 4.79 Å². The van der Waals surface area contributed by atoms with Crippen LogP contribution in [0.15, 0.2) is 18.3 Å². The van der Waals surface area contributed by atoms with E-state index in [1.807, 2.05) is 12.1 Å². The summed E-state index contributed by atoms with van der Waals surface area (Å²) >= 11 is 5.74. The van der Waals surface area contributed by atoms with E-state index in [-0.39, 0.29) is 0 Å². The Labute approximate surface area is 87.7 Å². The summed E-state index contributed by atoms with van der Waals surface area (Å²) in [5.74, 6) is 1.25. The average Bonchev–Trinajstić information content (AvgIpc) is 2.21. The highest BCUT2D eigenvalue weighted by Crippen LogP contribution is 2.17. The lowest BCUT2D eigenvalue weighted by molar-refractivity contribution is -0.119. The molecule has 0 amide bonds. The van der Waals surface area contributed by atoms with E-state index in [9.17, 15) is 4.79 Å². The molecule has 2 rings (SSSR count). The maximum absolute atomic E-state index is 11.0. The highest BCUT2D eigenvalue weighted by Gasteiger charge is 2.16. The quantitative estimate of drug-likeness (QED) is 0.710. The number of hydrogen-bond donors (Lipinski definition) is 0. The summed E-state index contributed by atoms with van der Waals surface area (Å²) in [5, 5.41) is 0.641. The third-order valence-corrected chi connectivity index (χ3v) is 2.58. The number of halogens is 1. The second-order valence-corrected chi connectivity index (χ2v) is 3.80. The van der Waals surface area contributed by atoms with Gasteiger partial charge in [0.25, 0.3) is 0 Å². The van der Waals surface area contributed by atoms with Gasteiger partial charge in [0.05, 0.1) is 5.02 Å². The van der Waals surface area contributed by atoms with Gasteiger partial charge in [-0.25, -0.2) is 4.98 Å². The van der Waals surface area contributed by atoms with Crippen LogP contribution in [0, 0.1) is 0 Å². The second kappa shape index (κ2) is 3.96. The lowest BCUT2D eigenvalue weighted by Crippen LogP contribution is -2.34. The van der Waals surface area contributed by atoms with E-state index >= 15 is 0 Å². The minimum atomic E-state index is 0.343. The number of piperidine rings is 1. The Balaban J connectivity index is 2.08. The minimum Gasteiger partial charge on any atom is -0.356 e. The van der Waals surface area contributed by atoms with Crippen LogP contribution in [-0.4, -0.2) is 23.9 Å². The third kappa shape index (κ3) is 2.04. The first kappa shape index (κ1) is 9.46. The first-order chi connectivity index (χ1) is 6.75. The normalized spacial score (nSPS) is 17.2. The van der Waals surface area contributed by atoms with Gasteiger partial charge in [0.15, 0.2) is 0 Å². The zero-order chi connectivity index (χ0) is 9.97. The van der Waals surface area contributed by atoms with E-state index in [0.29, 0.717) is 23.6 Å². The van der Waals surface area contributed by atoms with Crippen molar-refractivity contribution in [1.29, 1.82) is 0 Å². The molecule has 4 heteroatoms. The van der Waals surface area contributed by atoms with Crippen molar-refractivity contribution in [2.24, 2.45) is 0 Å². The molecule has 0 saturated carbocycles. The largest absolute Gasteiger partial charge is 0.356 e. The first-order valence-corrected chi connectivity index (χ1v) is 5.02. The van der Waals surface area contributed by atoms with Crippen molar-refractivity contribution in [3.8, 4) is 0 Å². The zero-order valence-corrected chi connectivity index (χ0v) is 8.50. The molecule has 0 atom stereocenters. The molecule has 2 heterocycles. The molecule has 0 unspecified atom stereocenters. The summed E-state index contributed by atoms with van der Waals surface area (Å²) in [4.78, 5) is 17.3. The van der Waals surface area contributed by atoms with Crippen LogP contribution in [0.1, 0.15) is 12.8 Å². The molecule has 1 saturated heterocycles. The van der Waals surface area contributed by atoms with Crippen molar-refractivity contribution < 1.29 is 4.79 Å². The smallest absolute Gasteiger partial charge is 0.136 e. The molecule has 74 valence electrons. The Morgan fingerprint density at radius 1 is 1.29 bits per heavy atom. The highest BCUT2D eigenvalue weighted by molar-refractivity contribution is 6.30. The van der Waals surface area contributed by atoms with Crippen molar-refractivity contribution in [3.05, 3.63) is 23.4 Å². The molecule has 1 aliphatic heterocycles. The minimum absolute atomic E-state index is 0.343. The second-order valence-electron chi connectivity index (χ2n) is 3.36. The van der Waals surface area contributed by atoms with E-state index in [2.05, 4.69) is 9.88 Å². The lowest BCUT2D eigenvalue weighted by atomic mass is 10.1. The number of nitrogens with zero attached hydrogens (tertiary/aromatic N) is 2. The molecule has 1 aliphatic rings. The van der Waals surface area contributed by atoms with Gasteiger partial charge in [0, 0.05) is 32.1 Å². The standard InChI is InChI=1S/C10H11ClN2O/c11-8-1-2-10(12-7-8)13-5-3-9(14)4-6-13/h1-2,7H,3-6H2. The summed E-state index contributed by atoms with van der Waals surface area (Å²) < 4.78 is 0. The van der Waals surface area contributed by atoms with E-state index < -0.39 is 0 Å². The molecule has 14 heavy (non-hydrogen) atoms. The summed E-state index contributed by atoms with van der Waals surface area (Å²) in [6, 6.07) is 3.71. The Morgan fingerprint density at radius 2 is 2.00 bits per heavy atom. The molecule has 3 nitrogen and oxygen atoms in total. The maximum atomic E-state index is 11.0. The number of carbonyl (C=O) groups excluding carboxylic acids is 1. The average molecular weight is 211 g/mol. The van der Waals surface area contributed by atoms with Crippen LogP contribution in [0.3, 0.4) is 0 Å². The molecule has 1 aromatic heterocycles. The zero-order valence-electron chi connectivity index (χ0n) is 7.74. The number of carbonyl (C=O) groups is 1. The number of hydrogen-bond acceptors (Lipinski definition) is 3. The Morgan fingerprint density at radius 3 is 2.57 bits per heavy atom. The van der Waals surface area contributed by atoms with Crippen molar-refractivity contribution in [2.75, 3.05) is 18.0 Å². The molecular formula is C10H11ClN2O. The number of pyridine rings is 1. The molecule has 0 spiro atoms. The molecule has 0 radical (unpaired) electrons. The van der Waals surface area contributed by atoms with Crippen molar-refractivity contribution in [2.45, 2.75) is 12.8 Å². The van der Waals surface area contributed by atoms with E-state index in [1.54, 1.807) is 6.20 Å². The van der Waals surface area contributed by atoms with Gasteiger partial charge in [0.2, 0.25) is 0 Å². The van der Waals surface area contributed by atoms with Gasteiger partial charge in [-0.05, 0) is 12.1 Å². The lowest BCUT2D eigenvalue weighted by Gasteiger charge is -2.26. The monoisotopic (exact) mass is 210 g/mol. The molecule has 0 bridgehead atoms. The van der Waals surface area contributed by atoms with Gasteiger partial charge in [-0.3, -0.25) is 4.79 Å². The SMILES string of the molecule is O=C1CCN(c2ccc(Cl)cn2)CC1. The van der Waals surface area contributed by atoms with Crippen LogP contribution < -0.4 is 4.90 Å². The van der Waals surface area contributed by atoms with Gasteiger partial charge in [-0.2, -0.15) is 0 Å². The van der Waals surface area contributed by atoms with Crippen LogP contribution >= 0.6 is 11.6 Å². The summed E-state index contributed by atoms with van der Waals surface area (Å²) in [5.41, 5.74) is 0. The van der Waals surface area contributed by atoms with Gasteiger partial charge >= 0.3 is 0 Å². The summed E-state index contributed by atoms with van der Waals surface area (Å²) in [6.07, 6.45) is 2.89. The van der Waals surface area contributed by atoms with Gasteiger partial charge in [-0.15, -0.1) is 0 Å². The number of rotatable bonds is 1. The Hall–Kier alpha value is -1.09. The van der Waals surface area contributed by atoms with Gasteiger partial charge in [0.1, 0.15) is 11.6 Å². The fourth-order valence-electron chi connectivity index (χ4n) is 1.54. The fourth-order valence-corrected chi connectivity index (χ4v) is 1.65. The van der Waals surface area contributed by atoms with E-state index in [4.69, 9.17) is 11.6 Å². The number of aromatic nitrogens is 1. The fraction of sp³-hybridized carbons (Fsp3) is 0.400. The predicted octanol–water partition coefficient (Wildman–Crippen LogP) is 1.90. The van der Waals surface area contributed by atoms with Crippen molar-refractivity contribution in [1.82, 2.24) is 4.98 Å². The molecule has 1 aromatic rings. The van der Waals surface area contributed by atoms with E-state index in [1.165, 1.54) is 0 Å². The predicted molar refractivity (Wildman–Crippen MR) is 55.7 cm³/mol. The van der Waals surface area contributed by atoms with Gasteiger partial charge in [-0.1, -0.05) is 11.6 Å². The maximum Gasteiger partial charge on any atom is 0.136 e. The number of Topliss-reactive ketones (excluding diaryl/α,β-unsaturated/α-hetero) is 1.